The molecule has 0 spiro atoms. The molecule has 0 bridgehead atoms. The van der Waals surface area contributed by atoms with Crippen LogP contribution in [0.15, 0.2) is 36.4 Å². The van der Waals surface area contributed by atoms with Crippen LogP contribution in [0, 0.1) is 0 Å². The van der Waals surface area contributed by atoms with Gasteiger partial charge < -0.3 is 5.11 Å². The predicted octanol–water partition coefficient (Wildman–Crippen LogP) is 1.17. The predicted molar refractivity (Wildman–Crippen MR) is 53.3 cm³/mol. The summed E-state index contributed by atoms with van der Waals surface area (Å²) in [7, 11) is 0. The average molecular weight is 214 g/mol. The lowest BCUT2D eigenvalue weighted by Crippen LogP contribution is -2.09. The van der Waals surface area contributed by atoms with Crippen molar-refractivity contribution in [3.8, 4) is 0 Å². The minimum Gasteiger partial charge on any atom is -0.364 e. The van der Waals surface area contributed by atoms with Crippen LogP contribution in [-0.2, 0) is 15.5 Å². The van der Waals surface area contributed by atoms with E-state index >= 15 is 0 Å². The lowest BCUT2D eigenvalue weighted by molar-refractivity contribution is 0.0299. The number of hydrogen-bond donors (Lipinski definition) is 2. The monoisotopic (exact) mass is 214 g/mol. The maximum Gasteiger partial charge on any atom is 0.304 e. The van der Waals surface area contributed by atoms with Crippen LogP contribution in [0.4, 0.5) is 0 Å². The second-order valence-electron chi connectivity index (χ2n) is 2.47. The van der Waals surface area contributed by atoms with Crippen molar-refractivity contribution in [3.63, 3.8) is 0 Å². The van der Waals surface area contributed by atoms with Gasteiger partial charge in [0.15, 0.2) is 6.29 Å². The summed E-state index contributed by atoms with van der Waals surface area (Å²) in [6.45, 7) is 0. The molecular weight excluding hydrogens is 204 g/mol. The first-order valence-corrected chi connectivity index (χ1v) is 4.91. The maximum absolute atomic E-state index is 10.1. The van der Waals surface area contributed by atoms with Crippen LogP contribution in [0.1, 0.15) is 5.56 Å². The van der Waals surface area contributed by atoms with Crippen molar-refractivity contribution in [3.05, 3.63) is 42.0 Å². The molecule has 0 saturated carbocycles. The van der Waals surface area contributed by atoms with E-state index in [9.17, 15) is 4.21 Å². The van der Waals surface area contributed by atoms with E-state index < -0.39 is 17.7 Å². The second-order valence-corrected chi connectivity index (χ2v) is 3.10. The fourth-order valence-corrected chi connectivity index (χ4v) is 1.11. The Hall–Kier alpha value is -1.01. The molecule has 2 unspecified atom stereocenters. The molecule has 4 nitrogen and oxygen atoms in total. The van der Waals surface area contributed by atoms with Crippen molar-refractivity contribution >= 4 is 17.4 Å². The molecule has 1 rings (SSSR count). The van der Waals surface area contributed by atoms with Crippen LogP contribution in [-0.4, -0.2) is 20.2 Å². The van der Waals surface area contributed by atoms with E-state index in [0.29, 0.717) is 0 Å². The Balaban J connectivity index is 2.52. The van der Waals surface area contributed by atoms with Gasteiger partial charge >= 0.3 is 11.4 Å². The normalized spacial score (nSPS) is 15.6. The molecule has 1 aromatic carbocycles. The highest BCUT2D eigenvalue weighted by molar-refractivity contribution is 7.74. The van der Waals surface area contributed by atoms with Gasteiger partial charge in [0.2, 0.25) is 0 Å². The Morgan fingerprint density at radius 3 is 2.57 bits per heavy atom. The first kappa shape index (κ1) is 11.1. The van der Waals surface area contributed by atoms with Gasteiger partial charge in [-0.25, -0.2) is 4.18 Å². The molecule has 0 aliphatic heterocycles. The lowest BCUT2D eigenvalue weighted by Gasteiger charge is -2.01. The zero-order valence-electron chi connectivity index (χ0n) is 7.24. The van der Waals surface area contributed by atoms with E-state index in [1.807, 2.05) is 30.3 Å². The molecule has 2 atom stereocenters. The summed E-state index contributed by atoms with van der Waals surface area (Å²) < 4.78 is 22.6. The highest BCUT2D eigenvalue weighted by atomic mass is 32.2. The van der Waals surface area contributed by atoms with Gasteiger partial charge in [0.1, 0.15) is 0 Å². The summed E-state index contributed by atoms with van der Waals surface area (Å²) in [5.74, 6) is 0. The maximum atomic E-state index is 10.1. The van der Waals surface area contributed by atoms with Crippen molar-refractivity contribution in [1.29, 1.82) is 0 Å². The number of benzene rings is 1. The highest BCUT2D eigenvalue weighted by Crippen LogP contribution is 2.02. The lowest BCUT2D eigenvalue weighted by atomic mass is 10.2. The van der Waals surface area contributed by atoms with Crippen molar-refractivity contribution in [1.82, 2.24) is 0 Å². The van der Waals surface area contributed by atoms with Gasteiger partial charge in [-0.05, 0) is 11.6 Å². The van der Waals surface area contributed by atoms with Crippen molar-refractivity contribution in [2.45, 2.75) is 6.29 Å². The smallest absolute Gasteiger partial charge is 0.304 e. The van der Waals surface area contributed by atoms with Gasteiger partial charge in [0.25, 0.3) is 0 Å². The van der Waals surface area contributed by atoms with Gasteiger partial charge in [-0.2, -0.15) is 4.21 Å². The molecule has 0 saturated heterocycles. The molecule has 0 fully saturated rings. The van der Waals surface area contributed by atoms with Crippen LogP contribution >= 0.6 is 0 Å². The quantitative estimate of drug-likeness (QED) is 0.583. The molecular formula is C9H10O4S. The van der Waals surface area contributed by atoms with Gasteiger partial charge in [-0.15, -0.1) is 0 Å². The van der Waals surface area contributed by atoms with Crippen LogP contribution < -0.4 is 0 Å². The zero-order valence-corrected chi connectivity index (χ0v) is 8.05. The zero-order chi connectivity index (χ0) is 10.4. The Kier molecular flexibility index (Phi) is 4.48. The summed E-state index contributed by atoms with van der Waals surface area (Å²) in [4.78, 5) is 0. The van der Waals surface area contributed by atoms with Crippen LogP contribution in [0.25, 0.3) is 6.08 Å². The third kappa shape index (κ3) is 4.29. The van der Waals surface area contributed by atoms with Crippen LogP contribution in [0.5, 0.6) is 0 Å². The summed E-state index contributed by atoms with van der Waals surface area (Å²) >= 11 is -2.45. The largest absolute Gasteiger partial charge is 0.364 e. The van der Waals surface area contributed by atoms with E-state index in [0.717, 1.165) is 5.56 Å². The first-order chi connectivity index (χ1) is 6.68. The summed E-state index contributed by atoms with van der Waals surface area (Å²) in [6, 6.07) is 9.22. The Morgan fingerprint density at radius 2 is 2.00 bits per heavy atom. The van der Waals surface area contributed by atoms with E-state index in [2.05, 4.69) is 4.18 Å². The molecule has 0 aliphatic carbocycles. The van der Waals surface area contributed by atoms with Crippen LogP contribution in [0.2, 0.25) is 0 Å². The van der Waals surface area contributed by atoms with Crippen molar-refractivity contribution in [2.24, 2.45) is 0 Å². The molecule has 0 aliphatic rings. The van der Waals surface area contributed by atoms with E-state index in [1.165, 1.54) is 6.08 Å². The van der Waals surface area contributed by atoms with Gasteiger partial charge in [-0.3, -0.25) is 4.55 Å². The molecule has 76 valence electrons. The molecule has 5 heteroatoms. The highest BCUT2D eigenvalue weighted by Gasteiger charge is 2.01. The molecule has 14 heavy (non-hydrogen) atoms. The molecule has 2 N–H and O–H groups in total. The van der Waals surface area contributed by atoms with Crippen molar-refractivity contribution in [2.75, 3.05) is 0 Å². The molecule has 0 amide bonds. The first-order valence-electron chi connectivity index (χ1n) is 3.88. The van der Waals surface area contributed by atoms with Crippen LogP contribution in [0.3, 0.4) is 0 Å². The summed E-state index contributed by atoms with van der Waals surface area (Å²) in [6.07, 6.45) is 1.50. The fraction of sp³-hybridized carbons (Fsp3) is 0.111. The molecule has 0 heterocycles. The standard InChI is InChI=1S/C9H10O4S/c10-9(13-14(11)12)7-6-8-4-2-1-3-5-8/h1-7,9-10H,(H,11,12). The average Bonchev–Trinajstić information content (AvgIpc) is 2.15. The third-order valence-corrected chi connectivity index (χ3v) is 1.80. The second kappa shape index (κ2) is 5.66. The summed E-state index contributed by atoms with van der Waals surface area (Å²) in [5.41, 5.74) is 0.874. The molecule has 1 aromatic rings. The molecule has 0 aromatic heterocycles. The molecule has 0 radical (unpaired) electrons. The fourth-order valence-electron chi connectivity index (χ4n) is 0.874. The minimum atomic E-state index is -2.45. The van der Waals surface area contributed by atoms with E-state index in [-0.39, 0.29) is 0 Å². The number of hydrogen-bond acceptors (Lipinski definition) is 3. The Morgan fingerprint density at radius 1 is 1.36 bits per heavy atom. The van der Waals surface area contributed by atoms with Gasteiger partial charge in [0, 0.05) is 0 Å². The number of rotatable bonds is 4. The van der Waals surface area contributed by atoms with E-state index in [4.69, 9.17) is 9.66 Å². The number of aliphatic hydroxyl groups is 1. The Bertz CT molecular complexity index is 323. The summed E-state index contributed by atoms with van der Waals surface area (Å²) in [5, 5.41) is 9.02. The van der Waals surface area contributed by atoms with Gasteiger partial charge in [0.05, 0.1) is 0 Å². The topological polar surface area (TPSA) is 66.8 Å². The van der Waals surface area contributed by atoms with Crippen molar-refractivity contribution < 1.29 is 18.1 Å². The number of aliphatic hydroxyl groups excluding tert-OH is 1. The third-order valence-electron chi connectivity index (χ3n) is 1.43. The SMILES string of the molecule is O=S(O)OC(O)C=Cc1ccccc1. The Labute approximate surface area is 84.3 Å². The minimum absolute atomic E-state index is 0.874. The van der Waals surface area contributed by atoms with Gasteiger partial charge in [-0.1, -0.05) is 36.4 Å². The van der Waals surface area contributed by atoms with E-state index in [1.54, 1.807) is 6.08 Å².